The lowest BCUT2D eigenvalue weighted by Crippen LogP contribution is -2.30. The van der Waals surface area contributed by atoms with Crippen molar-refractivity contribution in [3.8, 4) is 0 Å². The van der Waals surface area contributed by atoms with Crippen molar-refractivity contribution in [1.82, 2.24) is 0 Å². The third kappa shape index (κ3) is 4.59. The maximum absolute atomic E-state index is 9.01. The van der Waals surface area contributed by atoms with Crippen molar-refractivity contribution in [1.29, 1.82) is 0 Å². The summed E-state index contributed by atoms with van der Waals surface area (Å²) in [5.41, 5.74) is 0.677. The summed E-state index contributed by atoms with van der Waals surface area (Å²) in [7, 11) is 0. The summed E-state index contributed by atoms with van der Waals surface area (Å²) in [5.74, 6) is 0.412. The second-order valence-corrected chi connectivity index (χ2v) is 6.89. The van der Waals surface area contributed by atoms with Crippen LogP contribution in [0.1, 0.15) is 60.3 Å². The second-order valence-electron chi connectivity index (χ2n) is 6.89. The highest BCUT2D eigenvalue weighted by Crippen LogP contribution is 2.41. The molecule has 0 aromatic carbocycles. The van der Waals surface area contributed by atoms with Gasteiger partial charge in [-0.25, -0.2) is 0 Å². The molecule has 2 nitrogen and oxygen atoms in total. The fraction of sp³-hybridized carbons (Fsp3) is 1.00. The number of hydrogen-bond donors (Lipinski definition) is 1. The molecule has 0 aliphatic heterocycles. The summed E-state index contributed by atoms with van der Waals surface area (Å²) in [4.78, 5) is 0. The van der Waals surface area contributed by atoms with E-state index in [1.165, 1.54) is 12.8 Å². The number of aliphatic hydroxyl groups excluding tert-OH is 1. The van der Waals surface area contributed by atoms with Crippen LogP contribution in [0.3, 0.4) is 0 Å². The van der Waals surface area contributed by atoms with Crippen molar-refractivity contribution in [3.63, 3.8) is 0 Å². The highest BCUT2D eigenvalue weighted by molar-refractivity contribution is 4.89. The van der Waals surface area contributed by atoms with E-state index in [0.29, 0.717) is 17.4 Å². The summed E-state index contributed by atoms with van der Waals surface area (Å²) >= 11 is 0. The van der Waals surface area contributed by atoms with E-state index in [2.05, 4.69) is 34.6 Å². The van der Waals surface area contributed by atoms with Crippen molar-refractivity contribution in [2.75, 3.05) is 13.2 Å². The quantitative estimate of drug-likeness (QED) is 0.704. The SMILES string of the molecule is CCC(C)(C)CC(C)(CC)COC1CC1CO. The Balaban J connectivity index is 2.40. The monoisotopic (exact) mass is 242 g/mol. The predicted molar refractivity (Wildman–Crippen MR) is 72.0 cm³/mol. The van der Waals surface area contributed by atoms with Gasteiger partial charge in [-0.05, 0) is 30.1 Å². The zero-order valence-electron chi connectivity index (χ0n) is 12.3. The molecule has 0 spiro atoms. The maximum Gasteiger partial charge on any atom is 0.0630 e. The number of hydrogen-bond acceptors (Lipinski definition) is 2. The van der Waals surface area contributed by atoms with Gasteiger partial charge in [0, 0.05) is 12.5 Å². The first-order chi connectivity index (χ1) is 7.86. The van der Waals surface area contributed by atoms with E-state index in [-0.39, 0.29) is 12.0 Å². The molecular weight excluding hydrogens is 212 g/mol. The zero-order chi connectivity index (χ0) is 13.1. The largest absolute Gasteiger partial charge is 0.396 e. The van der Waals surface area contributed by atoms with Crippen LogP contribution in [0.15, 0.2) is 0 Å². The Kier molecular flexibility index (Phi) is 5.03. The van der Waals surface area contributed by atoms with Crippen LogP contribution in [0.25, 0.3) is 0 Å². The molecule has 1 N–H and O–H groups in total. The van der Waals surface area contributed by atoms with Gasteiger partial charge in [-0.1, -0.05) is 41.0 Å². The Hall–Kier alpha value is -0.0800. The van der Waals surface area contributed by atoms with Gasteiger partial charge in [-0.3, -0.25) is 0 Å². The molecule has 1 fully saturated rings. The molecule has 1 aliphatic rings. The minimum atomic E-state index is 0.280. The molecule has 3 atom stereocenters. The first kappa shape index (κ1) is 15.0. The van der Waals surface area contributed by atoms with Gasteiger partial charge >= 0.3 is 0 Å². The van der Waals surface area contributed by atoms with Gasteiger partial charge < -0.3 is 9.84 Å². The topological polar surface area (TPSA) is 29.5 Å². The number of ether oxygens (including phenoxy) is 1. The van der Waals surface area contributed by atoms with E-state index < -0.39 is 0 Å². The Morgan fingerprint density at radius 3 is 2.24 bits per heavy atom. The fourth-order valence-corrected chi connectivity index (χ4v) is 2.48. The number of aliphatic hydroxyl groups is 1. The van der Waals surface area contributed by atoms with E-state index in [1.54, 1.807) is 0 Å². The molecule has 0 heterocycles. The lowest BCUT2D eigenvalue weighted by molar-refractivity contribution is 0.00616. The van der Waals surface area contributed by atoms with Gasteiger partial charge in [0.05, 0.1) is 12.7 Å². The molecule has 3 unspecified atom stereocenters. The van der Waals surface area contributed by atoms with Crippen LogP contribution < -0.4 is 0 Å². The normalized spacial score (nSPS) is 27.9. The second kappa shape index (κ2) is 5.71. The molecule has 0 bridgehead atoms. The molecular formula is C15H30O2. The van der Waals surface area contributed by atoms with Crippen LogP contribution in [0.5, 0.6) is 0 Å². The van der Waals surface area contributed by atoms with Crippen LogP contribution in [0.2, 0.25) is 0 Å². The van der Waals surface area contributed by atoms with Crippen molar-refractivity contribution < 1.29 is 9.84 Å². The minimum Gasteiger partial charge on any atom is -0.396 e. The van der Waals surface area contributed by atoms with Crippen molar-refractivity contribution in [2.45, 2.75) is 66.4 Å². The minimum absolute atomic E-state index is 0.280. The summed E-state index contributed by atoms with van der Waals surface area (Å²) < 4.78 is 5.94. The van der Waals surface area contributed by atoms with Crippen molar-refractivity contribution >= 4 is 0 Å². The predicted octanol–water partition coefficient (Wildman–Crippen LogP) is 3.63. The van der Waals surface area contributed by atoms with Gasteiger partial charge in [-0.15, -0.1) is 0 Å². The smallest absolute Gasteiger partial charge is 0.0630 e. The molecule has 0 radical (unpaired) electrons. The van der Waals surface area contributed by atoms with Crippen LogP contribution in [0, 0.1) is 16.7 Å². The Morgan fingerprint density at radius 2 is 1.82 bits per heavy atom. The van der Waals surface area contributed by atoms with Gasteiger partial charge in [0.15, 0.2) is 0 Å². The molecule has 1 saturated carbocycles. The highest BCUT2D eigenvalue weighted by Gasteiger charge is 2.39. The average molecular weight is 242 g/mol. The van der Waals surface area contributed by atoms with Gasteiger partial charge in [0.25, 0.3) is 0 Å². The molecule has 17 heavy (non-hydrogen) atoms. The zero-order valence-corrected chi connectivity index (χ0v) is 12.3. The molecule has 0 aromatic rings. The first-order valence-electron chi connectivity index (χ1n) is 7.08. The van der Waals surface area contributed by atoms with Gasteiger partial charge in [-0.2, -0.15) is 0 Å². The lowest BCUT2D eigenvalue weighted by Gasteiger charge is -2.36. The Labute approximate surface area is 107 Å². The van der Waals surface area contributed by atoms with E-state index in [9.17, 15) is 0 Å². The highest BCUT2D eigenvalue weighted by atomic mass is 16.5. The Bertz CT molecular complexity index is 237. The molecule has 0 aromatic heterocycles. The van der Waals surface area contributed by atoms with Crippen LogP contribution >= 0.6 is 0 Å². The van der Waals surface area contributed by atoms with Crippen LogP contribution in [0.4, 0.5) is 0 Å². The van der Waals surface area contributed by atoms with Crippen LogP contribution in [-0.2, 0) is 4.74 Å². The summed E-state index contributed by atoms with van der Waals surface area (Å²) in [6, 6.07) is 0. The molecule has 102 valence electrons. The molecule has 2 heteroatoms. The van der Waals surface area contributed by atoms with Gasteiger partial charge in [0.2, 0.25) is 0 Å². The molecule has 0 amide bonds. The summed E-state index contributed by atoms with van der Waals surface area (Å²) in [6.07, 6.45) is 4.96. The van der Waals surface area contributed by atoms with Crippen molar-refractivity contribution in [2.24, 2.45) is 16.7 Å². The Morgan fingerprint density at radius 1 is 1.18 bits per heavy atom. The standard InChI is InChI=1S/C15H30O2/c1-6-14(3,4)10-15(5,7-2)11-17-13-8-12(13)9-16/h12-13,16H,6-11H2,1-5H3. The summed E-state index contributed by atoms with van der Waals surface area (Å²) in [6.45, 7) is 12.7. The first-order valence-corrected chi connectivity index (χ1v) is 7.08. The van der Waals surface area contributed by atoms with Crippen molar-refractivity contribution in [3.05, 3.63) is 0 Å². The maximum atomic E-state index is 9.01. The molecule has 0 saturated heterocycles. The number of rotatable bonds is 8. The lowest BCUT2D eigenvalue weighted by atomic mass is 9.72. The van der Waals surface area contributed by atoms with E-state index in [4.69, 9.17) is 9.84 Å². The van der Waals surface area contributed by atoms with E-state index >= 15 is 0 Å². The fourth-order valence-electron chi connectivity index (χ4n) is 2.48. The van der Waals surface area contributed by atoms with Gasteiger partial charge in [0.1, 0.15) is 0 Å². The van der Waals surface area contributed by atoms with Crippen LogP contribution in [-0.4, -0.2) is 24.4 Å². The summed E-state index contributed by atoms with van der Waals surface area (Å²) in [5, 5.41) is 9.01. The molecule has 1 rings (SSSR count). The van der Waals surface area contributed by atoms with E-state index in [0.717, 1.165) is 19.4 Å². The third-order valence-electron chi connectivity index (χ3n) is 4.45. The average Bonchev–Trinajstić information content (AvgIpc) is 3.05. The van der Waals surface area contributed by atoms with E-state index in [1.807, 2.05) is 0 Å². The third-order valence-corrected chi connectivity index (χ3v) is 4.45. The molecule has 1 aliphatic carbocycles.